The molecule has 0 heterocycles. The maximum Gasteiger partial charge on any atom is 0.122 e. The summed E-state index contributed by atoms with van der Waals surface area (Å²) in [7, 11) is 1.76. The summed E-state index contributed by atoms with van der Waals surface area (Å²) in [6.45, 7) is 10.1. The number of methoxy groups -OCH3 is 1. The summed E-state index contributed by atoms with van der Waals surface area (Å²) in [4.78, 5) is 0. The van der Waals surface area contributed by atoms with Crippen LogP contribution in [-0.2, 0) is 0 Å². The zero-order chi connectivity index (χ0) is 15.4. The van der Waals surface area contributed by atoms with Gasteiger partial charge in [-0.25, -0.2) is 0 Å². The lowest BCUT2D eigenvalue weighted by Crippen LogP contribution is -2.31. The third-order valence-corrected chi connectivity index (χ3v) is 5.09. The Morgan fingerprint density at radius 3 is 2.57 bits per heavy atom. The van der Waals surface area contributed by atoms with Gasteiger partial charge >= 0.3 is 0 Å². The van der Waals surface area contributed by atoms with E-state index in [-0.39, 0.29) is 0 Å². The third kappa shape index (κ3) is 3.60. The van der Waals surface area contributed by atoms with Crippen LogP contribution in [0.3, 0.4) is 0 Å². The van der Waals surface area contributed by atoms with Crippen LogP contribution in [0.4, 0.5) is 0 Å². The molecule has 1 aliphatic carbocycles. The van der Waals surface area contributed by atoms with Crippen molar-refractivity contribution >= 4 is 0 Å². The molecule has 0 aliphatic heterocycles. The Bertz CT molecular complexity index is 469. The van der Waals surface area contributed by atoms with Crippen LogP contribution in [0.2, 0.25) is 0 Å². The van der Waals surface area contributed by atoms with Crippen LogP contribution in [0.15, 0.2) is 12.1 Å². The largest absolute Gasteiger partial charge is 0.496 e. The first kappa shape index (κ1) is 16.4. The molecule has 1 aromatic carbocycles. The fraction of sp³-hybridized carbons (Fsp3) is 0.684. The molecule has 1 N–H and O–H groups in total. The molecule has 21 heavy (non-hydrogen) atoms. The molecule has 2 rings (SSSR count). The maximum absolute atomic E-state index is 5.47. The molecule has 2 nitrogen and oxygen atoms in total. The molecule has 0 bridgehead atoms. The van der Waals surface area contributed by atoms with Gasteiger partial charge in [0.2, 0.25) is 0 Å². The standard InChI is InChI=1S/C19H31NO/c1-6-10-20-19(16-9-7-8-13(16)2)17-11-15(4)18(21-5)12-14(17)3/h11-13,16,19-20H,6-10H2,1-5H3. The summed E-state index contributed by atoms with van der Waals surface area (Å²) in [5.41, 5.74) is 4.07. The van der Waals surface area contributed by atoms with E-state index in [0.29, 0.717) is 6.04 Å². The molecule has 1 saturated carbocycles. The number of ether oxygens (including phenoxy) is 1. The Morgan fingerprint density at radius 2 is 2.00 bits per heavy atom. The third-order valence-electron chi connectivity index (χ3n) is 5.09. The average Bonchev–Trinajstić information content (AvgIpc) is 2.88. The van der Waals surface area contributed by atoms with Crippen LogP contribution in [-0.4, -0.2) is 13.7 Å². The molecular weight excluding hydrogens is 258 g/mol. The SMILES string of the molecule is CCCNC(c1cc(C)c(OC)cc1C)C1CCCC1C. The molecule has 3 unspecified atom stereocenters. The van der Waals surface area contributed by atoms with Crippen LogP contribution in [0.1, 0.15) is 62.3 Å². The van der Waals surface area contributed by atoms with E-state index in [1.807, 2.05) is 0 Å². The fourth-order valence-corrected chi connectivity index (χ4v) is 3.83. The van der Waals surface area contributed by atoms with Gasteiger partial charge in [-0.15, -0.1) is 0 Å². The van der Waals surface area contributed by atoms with Gasteiger partial charge in [0, 0.05) is 6.04 Å². The predicted molar refractivity (Wildman–Crippen MR) is 90.0 cm³/mol. The topological polar surface area (TPSA) is 21.3 Å². The van der Waals surface area contributed by atoms with E-state index in [1.165, 1.54) is 42.4 Å². The fourth-order valence-electron chi connectivity index (χ4n) is 3.83. The lowest BCUT2D eigenvalue weighted by Gasteiger charge is -2.30. The minimum atomic E-state index is 0.493. The van der Waals surface area contributed by atoms with Crippen LogP contribution >= 0.6 is 0 Å². The van der Waals surface area contributed by atoms with Crippen molar-refractivity contribution in [1.29, 1.82) is 0 Å². The van der Waals surface area contributed by atoms with Gasteiger partial charge in [0.25, 0.3) is 0 Å². The van der Waals surface area contributed by atoms with Crippen molar-refractivity contribution in [1.82, 2.24) is 5.32 Å². The second-order valence-electron chi connectivity index (χ2n) is 6.68. The van der Waals surface area contributed by atoms with Crippen molar-refractivity contribution < 1.29 is 4.74 Å². The molecule has 118 valence electrons. The van der Waals surface area contributed by atoms with E-state index >= 15 is 0 Å². The van der Waals surface area contributed by atoms with Crippen molar-refractivity contribution in [2.75, 3.05) is 13.7 Å². The molecular formula is C19H31NO. The summed E-state index contributed by atoms with van der Waals surface area (Å²) in [6, 6.07) is 5.03. The Kier molecular flexibility index (Phi) is 5.69. The van der Waals surface area contributed by atoms with Crippen LogP contribution in [0, 0.1) is 25.7 Å². The Morgan fingerprint density at radius 1 is 1.24 bits per heavy atom. The molecule has 0 saturated heterocycles. The van der Waals surface area contributed by atoms with E-state index in [1.54, 1.807) is 7.11 Å². The van der Waals surface area contributed by atoms with Crippen molar-refractivity contribution in [3.63, 3.8) is 0 Å². The zero-order valence-electron chi connectivity index (χ0n) is 14.3. The molecule has 1 aromatic rings. The van der Waals surface area contributed by atoms with Gasteiger partial charge in [0.05, 0.1) is 7.11 Å². The first-order valence-corrected chi connectivity index (χ1v) is 8.47. The van der Waals surface area contributed by atoms with Crippen LogP contribution < -0.4 is 10.1 Å². The molecule has 0 aromatic heterocycles. The summed E-state index contributed by atoms with van der Waals surface area (Å²) in [6.07, 6.45) is 5.30. The van der Waals surface area contributed by atoms with Gasteiger partial charge in [0.15, 0.2) is 0 Å². The lowest BCUT2D eigenvalue weighted by atomic mass is 9.83. The van der Waals surface area contributed by atoms with Gasteiger partial charge in [-0.05, 0) is 67.8 Å². The van der Waals surface area contributed by atoms with Crippen LogP contribution in [0.25, 0.3) is 0 Å². The quantitative estimate of drug-likeness (QED) is 0.813. The Balaban J connectivity index is 2.33. The minimum Gasteiger partial charge on any atom is -0.496 e. The van der Waals surface area contributed by atoms with Gasteiger partial charge in [-0.2, -0.15) is 0 Å². The van der Waals surface area contributed by atoms with Gasteiger partial charge < -0.3 is 10.1 Å². The molecule has 0 spiro atoms. The lowest BCUT2D eigenvalue weighted by molar-refractivity contribution is 0.301. The van der Waals surface area contributed by atoms with Gasteiger partial charge in [-0.3, -0.25) is 0 Å². The molecule has 0 radical (unpaired) electrons. The number of nitrogens with one attached hydrogen (secondary N) is 1. The van der Waals surface area contributed by atoms with Crippen molar-refractivity contribution in [2.45, 2.75) is 59.4 Å². The van der Waals surface area contributed by atoms with Crippen LogP contribution in [0.5, 0.6) is 5.75 Å². The normalized spacial score (nSPS) is 23.3. The van der Waals surface area contributed by atoms with E-state index in [9.17, 15) is 0 Å². The van der Waals surface area contributed by atoms with E-state index in [2.05, 4.69) is 45.1 Å². The number of hydrogen-bond donors (Lipinski definition) is 1. The number of rotatable bonds is 6. The minimum absolute atomic E-state index is 0.493. The van der Waals surface area contributed by atoms with Gasteiger partial charge in [-0.1, -0.05) is 32.8 Å². The van der Waals surface area contributed by atoms with E-state index in [4.69, 9.17) is 4.74 Å². The molecule has 3 atom stereocenters. The first-order chi connectivity index (χ1) is 10.1. The van der Waals surface area contributed by atoms with Crippen molar-refractivity contribution in [2.24, 2.45) is 11.8 Å². The van der Waals surface area contributed by atoms with Crippen molar-refractivity contribution in [3.05, 3.63) is 28.8 Å². The average molecular weight is 289 g/mol. The summed E-state index contributed by atoms with van der Waals surface area (Å²) >= 11 is 0. The highest BCUT2D eigenvalue weighted by Crippen LogP contribution is 2.41. The monoisotopic (exact) mass is 289 g/mol. The number of aryl methyl sites for hydroxylation is 2. The Hall–Kier alpha value is -1.02. The van der Waals surface area contributed by atoms with Gasteiger partial charge in [0.1, 0.15) is 5.75 Å². The zero-order valence-corrected chi connectivity index (χ0v) is 14.3. The second-order valence-corrected chi connectivity index (χ2v) is 6.68. The predicted octanol–water partition coefficient (Wildman–Crippen LogP) is 4.79. The second kappa shape index (κ2) is 7.31. The van der Waals surface area contributed by atoms with Crippen molar-refractivity contribution in [3.8, 4) is 5.75 Å². The summed E-state index contributed by atoms with van der Waals surface area (Å²) in [5, 5.41) is 3.82. The maximum atomic E-state index is 5.47. The highest BCUT2D eigenvalue weighted by Gasteiger charge is 2.32. The molecule has 1 aliphatic rings. The van der Waals surface area contributed by atoms with E-state index < -0.39 is 0 Å². The number of benzene rings is 1. The molecule has 1 fully saturated rings. The first-order valence-electron chi connectivity index (χ1n) is 8.47. The van der Waals surface area contributed by atoms with E-state index in [0.717, 1.165) is 24.1 Å². The smallest absolute Gasteiger partial charge is 0.122 e. The number of hydrogen-bond acceptors (Lipinski definition) is 2. The Labute approximate surface area is 130 Å². The summed E-state index contributed by atoms with van der Waals surface area (Å²) < 4.78 is 5.47. The molecule has 2 heteroatoms. The highest BCUT2D eigenvalue weighted by atomic mass is 16.5. The highest BCUT2D eigenvalue weighted by molar-refractivity contribution is 5.43. The summed E-state index contributed by atoms with van der Waals surface area (Å²) in [5.74, 6) is 2.59. The molecule has 0 amide bonds.